The Labute approximate surface area is 138 Å². The Bertz CT molecular complexity index is 738. The molecule has 2 aromatic carbocycles. The molecule has 0 spiro atoms. The first-order chi connectivity index (χ1) is 11.4. The number of amides is 2. The fourth-order valence-electron chi connectivity index (χ4n) is 2.14. The highest BCUT2D eigenvalue weighted by molar-refractivity contribution is 5.89. The molecule has 2 rings (SSSR count). The normalized spacial score (nSPS) is 11.5. The van der Waals surface area contributed by atoms with Gasteiger partial charge in [-0.25, -0.2) is 13.6 Å². The molecule has 0 aromatic heterocycles. The highest BCUT2D eigenvalue weighted by atomic mass is 19.2. The Morgan fingerprint density at radius 3 is 2.33 bits per heavy atom. The van der Waals surface area contributed by atoms with Gasteiger partial charge in [-0.3, -0.25) is 0 Å². The highest BCUT2D eigenvalue weighted by Gasteiger charge is 2.13. The summed E-state index contributed by atoms with van der Waals surface area (Å²) in [5.41, 5.74) is 0.957. The maximum Gasteiger partial charge on any atom is 0.319 e. The van der Waals surface area contributed by atoms with Gasteiger partial charge in [-0.1, -0.05) is 6.07 Å². The first-order valence-electron chi connectivity index (χ1n) is 7.19. The summed E-state index contributed by atoms with van der Waals surface area (Å²) in [4.78, 5) is 12.0. The van der Waals surface area contributed by atoms with Crippen LogP contribution in [0.15, 0.2) is 36.4 Å². The second-order valence-electron chi connectivity index (χ2n) is 5.06. The smallest absolute Gasteiger partial charge is 0.319 e. The molecule has 0 saturated heterocycles. The number of urea groups is 1. The molecule has 0 radical (unpaired) electrons. The van der Waals surface area contributed by atoms with Crippen LogP contribution in [-0.2, 0) is 0 Å². The van der Waals surface area contributed by atoms with Crippen LogP contribution in [0.25, 0.3) is 0 Å². The summed E-state index contributed by atoms with van der Waals surface area (Å²) in [6.45, 7) is 1.67. The van der Waals surface area contributed by atoms with Crippen LogP contribution in [0.1, 0.15) is 18.5 Å². The van der Waals surface area contributed by atoms with E-state index < -0.39 is 23.7 Å². The third kappa shape index (κ3) is 4.13. The van der Waals surface area contributed by atoms with E-state index in [4.69, 9.17) is 9.47 Å². The van der Waals surface area contributed by atoms with E-state index in [9.17, 15) is 13.6 Å². The first-order valence-corrected chi connectivity index (χ1v) is 7.19. The molecule has 0 saturated carbocycles. The van der Waals surface area contributed by atoms with Crippen molar-refractivity contribution in [2.24, 2.45) is 0 Å². The number of nitrogens with one attached hydrogen (secondary N) is 2. The summed E-state index contributed by atoms with van der Waals surface area (Å²) in [5, 5.41) is 5.29. The van der Waals surface area contributed by atoms with Gasteiger partial charge < -0.3 is 20.1 Å². The van der Waals surface area contributed by atoms with Gasteiger partial charge in [0.25, 0.3) is 0 Å². The molecule has 2 amide bonds. The van der Waals surface area contributed by atoms with Crippen molar-refractivity contribution in [3.05, 3.63) is 53.6 Å². The topological polar surface area (TPSA) is 59.6 Å². The summed E-state index contributed by atoms with van der Waals surface area (Å²) >= 11 is 0. The van der Waals surface area contributed by atoms with Gasteiger partial charge in [0.1, 0.15) is 0 Å². The average molecular weight is 336 g/mol. The van der Waals surface area contributed by atoms with Crippen molar-refractivity contribution in [3.8, 4) is 11.5 Å². The Balaban J connectivity index is 2.03. The quantitative estimate of drug-likeness (QED) is 0.871. The number of hydrogen-bond acceptors (Lipinski definition) is 3. The number of methoxy groups -OCH3 is 2. The number of ether oxygens (including phenoxy) is 2. The minimum absolute atomic E-state index is 0.455. The largest absolute Gasteiger partial charge is 0.493 e. The van der Waals surface area contributed by atoms with E-state index in [1.165, 1.54) is 20.3 Å². The van der Waals surface area contributed by atoms with Crippen molar-refractivity contribution in [2.75, 3.05) is 19.5 Å². The van der Waals surface area contributed by atoms with Gasteiger partial charge in [0.05, 0.1) is 20.3 Å². The summed E-state index contributed by atoms with van der Waals surface area (Å²) < 4.78 is 36.5. The third-order valence-corrected chi connectivity index (χ3v) is 3.43. The van der Waals surface area contributed by atoms with Crippen LogP contribution in [-0.4, -0.2) is 20.3 Å². The van der Waals surface area contributed by atoms with Gasteiger partial charge in [0.15, 0.2) is 23.1 Å². The third-order valence-electron chi connectivity index (χ3n) is 3.43. The van der Waals surface area contributed by atoms with Gasteiger partial charge in [0.2, 0.25) is 0 Å². The molecule has 0 aliphatic carbocycles. The Morgan fingerprint density at radius 2 is 1.71 bits per heavy atom. The molecule has 1 atom stereocenters. The van der Waals surface area contributed by atoms with Crippen LogP contribution in [0.4, 0.5) is 19.3 Å². The number of hydrogen-bond donors (Lipinski definition) is 2. The van der Waals surface area contributed by atoms with E-state index in [1.807, 2.05) is 0 Å². The van der Waals surface area contributed by atoms with Gasteiger partial charge in [0, 0.05) is 11.8 Å². The Hall–Kier alpha value is -2.83. The van der Waals surface area contributed by atoms with Crippen molar-refractivity contribution in [3.63, 3.8) is 0 Å². The molecule has 5 nitrogen and oxygen atoms in total. The van der Waals surface area contributed by atoms with Crippen LogP contribution in [0.3, 0.4) is 0 Å². The van der Waals surface area contributed by atoms with Gasteiger partial charge in [-0.05, 0) is 36.8 Å². The number of halogens is 2. The maximum atomic E-state index is 13.2. The van der Waals surface area contributed by atoms with Crippen molar-refractivity contribution < 1.29 is 23.0 Å². The van der Waals surface area contributed by atoms with Crippen LogP contribution < -0.4 is 20.1 Å². The van der Waals surface area contributed by atoms with Gasteiger partial charge in [-0.2, -0.15) is 0 Å². The number of carbonyl (C=O) groups excluding carboxylic acids is 1. The fraction of sp³-hybridized carbons (Fsp3) is 0.235. The lowest BCUT2D eigenvalue weighted by molar-refractivity contribution is 0.249. The van der Waals surface area contributed by atoms with E-state index in [-0.39, 0.29) is 0 Å². The lowest BCUT2D eigenvalue weighted by atomic mass is 10.1. The lowest BCUT2D eigenvalue weighted by Gasteiger charge is -2.16. The van der Waals surface area contributed by atoms with Crippen LogP contribution in [0.2, 0.25) is 0 Å². The minimum atomic E-state index is -0.957. The molecular formula is C17H18F2N2O3. The van der Waals surface area contributed by atoms with E-state index in [0.29, 0.717) is 22.7 Å². The Kier molecular flexibility index (Phi) is 5.57. The van der Waals surface area contributed by atoms with Gasteiger partial charge >= 0.3 is 6.03 Å². The maximum absolute atomic E-state index is 13.2. The lowest BCUT2D eigenvalue weighted by Crippen LogP contribution is -2.31. The van der Waals surface area contributed by atoms with Crippen molar-refractivity contribution in [1.82, 2.24) is 5.32 Å². The molecular weight excluding hydrogens is 318 g/mol. The molecule has 0 bridgehead atoms. The van der Waals surface area contributed by atoms with Crippen LogP contribution >= 0.6 is 0 Å². The Morgan fingerprint density at radius 1 is 1.00 bits per heavy atom. The van der Waals surface area contributed by atoms with Crippen molar-refractivity contribution in [2.45, 2.75) is 13.0 Å². The molecule has 128 valence electrons. The molecule has 2 aromatic rings. The predicted molar refractivity (Wildman–Crippen MR) is 86.5 cm³/mol. The molecule has 0 aliphatic rings. The van der Waals surface area contributed by atoms with Crippen LogP contribution in [0.5, 0.6) is 11.5 Å². The summed E-state index contributed by atoms with van der Waals surface area (Å²) in [6.07, 6.45) is 0. The zero-order chi connectivity index (χ0) is 17.7. The van der Waals surface area contributed by atoms with Crippen LogP contribution in [0, 0.1) is 11.6 Å². The average Bonchev–Trinajstić information content (AvgIpc) is 2.56. The first kappa shape index (κ1) is 17.5. The molecule has 2 N–H and O–H groups in total. The zero-order valence-corrected chi connectivity index (χ0v) is 13.5. The molecule has 0 unspecified atom stereocenters. The highest BCUT2D eigenvalue weighted by Crippen LogP contribution is 2.29. The SMILES string of the molecule is COc1ccc(NC(=O)N[C@H](C)c2ccc(F)c(F)c2)cc1OC. The summed E-state index contributed by atoms with van der Waals surface area (Å²) in [7, 11) is 3.01. The molecule has 0 heterocycles. The fourth-order valence-corrected chi connectivity index (χ4v) is 2.14. The second-order valence-corrected chi connectivity index (χ2v) is 5.06. The molecule has 0 aliphatic heterocycles. The molecule has 24 heavy (non-hydrogen) atoms. The van der Waals surface area contributed by atoms with E-state index >= 15 is 0 Å². The van der Waals surface area contributed by atoms with Crippen molar-refractivity contribution in [1.29, 1.82) is 0 Å². The molecule has 0 fully saturated rings. The number of carbonyl (C=O) groups is 1. The number of anilines is 1. The zero-order valence-electron chi connectivity index (χ0n) is 13.5. The number of rotatable bonds is 5. The summed E-state index contributed by atoms with van der Waals surface area (Å²) in [5.74, 6) is -0.871. The van der Waals surface area contributed by atoms with Gasteiger partial charge in [-0.15, -0.1) is 0 Å². The summed E-state index contributed by atoms with van der Waals surface area (Å²) in [6, 6.07) is 7.43. The standard InChI is InChI=1S/C17H18F2N2O3/c1-10(11-4-6-13(18)14(19)8-11)20-17(22)21-12-5-7-15(23-2)16(9-12)24-3/h4-10H,1-3H3,(H2,20,21,22)/t10-/m1/s1. The number of benzene rings is 2. The van der Waals surface area contributed by atoms with E-state index in [2.05, 4.69) is 10.6 Å². The van der Waals surface area contributed by atoms with E-state index in [0.717, 1.165) is 12.1 Å². The van der Waals surface area contributed by atoms with E-state index in [1.54, 1.807) is 25.1 Å². The second kappa shape index (κ2) is 7.63. The van der Waals surface area contributed by atoms with Crippen molar-refractivity contribution >= 4 is 11.7 Å². The monoisotopic (exact) mass is 336 g/mol. The molecule has 7 heteroatoms. The minimum Gasteiger partial charge on any atom is -0.493 e. The predicted octanol–water partition coefficient (Wildman–Crippen LogP) is 3.86.